The van der Waals surface area contributed by atoms with Gasteiger partial charge in [-0.2, -0.15) is 0 Å². The summed E-state index contributed by atoms with van der Waals surface area (Å²) in [7, 11) is 1.79. The van der Waals surface area contributed by atoms with E-state index in [9.17, 15) is 0 Å². The molecular weight excluding hydrogens is 114 g/mol. The predicted octanol–water partition coefficient (Wildman–Crippen LogP) is 0.654. The molecule has 0 aromatic carbocycles. The lowest BCUT2D eigenvalue weighted by Crippen LogP contribution is -2.25. The summed E-state index contributed by atoms with van der Waals surface area (Å²) in [5.74, 6) is 0. The number of allylic oxidation sites excluding steroid dienone is 2. The average molecular weight is 127 g/mol. The maximum Gasteiger partial charge on any atom is 0.0300 e. The van der Waals surface area contributed by atoms with Crippen LogP contribution in [-0.4, -0.2) is 12.8 Å². The molecule has 0 heterocycles. The van der Waals surface area contributed by atoms with E-state index in [1.54, 1.807) is 20.0 Å². The normalized spacial score (nSPS) is 11.2. The second kappa shape index (κ2) is 4.09. The Bertz CT molecular complexity index is 126. The van der Waals surface area contributed by atoms with Crippen molar-refractivity contribution in [3.8, 4) is 0 Å². The largest absolute Gasteiger partial charge is 0.326 e. The van der Waals surface area contributed by atoms with Crippen LogP contribution in [0.3, 0.4) is 0 Å². The molecule has 9 heavy (non-hydrogen) atoms. The van der Waals surface area contributed by atoms with Gasteiger partial charge in [-0.05, 0) is 19.9 Å². The number of hydrogen-bond acceptors (Lipinski definition) is 3. The number of hydrazine groups is 1. The molecule has 0 amide bonds. The molecule has 0 saturated heterocycles. The monoisotopic (exact) mass is 127 g/mol. The lowest BCUT2D eigenvalue weighted by molar-refractivity contribution is 0.690. The van der Waals surface area contributed by atoms with Gasteiger partial charge in [-0.25, -0.2) is 5.43 Å². The minimum Gasteiger partial charge on any atom is -0.326 e. The fraction of sp³-hybridized carbons (Fsp3) is 0.500. The topological polar surface area (TPSA) is 47.9 Å². The summed E-state index contributed by atoms with van der Waals surface area (Å²) in [5, 5.41) is 7.06. The van der Waals surface area contributed by atoms with Gasteiger partial charge in [-0.3, -0.25) is 0 Å². The third kappa shape index (κ3) is 5.03. The lowest BCUT2D eigenvalue weighted by Gasteiger charge is -2.01. The molecule has 52 valence electrons. The van der Waals surface area contributed by atoms with E-state index in [0.717, 1.165) is 5.70 Å². The molecule has 0 unspecified atom stereocenters. The molecule has 0 bridgehead atoms. The summed E-state index contributed by atoms with van der Waals surface area (Å²) in [6, 6.07) is 0. The zero-order valence-electron chi connectivity index (χ0n) is 6.08. The summed E-state index contributed by atoms with van der Waals surface area (Å²) in [6.45, 7) is 3.63. The van der Waals surface area contributed by atoms with E-state index in [2.05, 4.69) is 10.9 Å². The van der Waals surface area contributed by atoms with Crippen molar-refractivity contribution in [2.75, 3.05) is 7.05 Å². The summed E-state index contributed by atoms with van der Waals surface area (Å²) >= 11 is 0. The van der Waals surface area contributed by atoms with Crippen molar-refractivity contribution in [3.63, 3.8) is 0 Å². The fourth-order valence-corrected chi connectivity index (χ4v) is 0.558. The molecule has 0 spiro atoms. The van der Waals surface area contributed by atoms with Gasteiger partial charge in [0.1, 0.15) is 0 Å². The van der Waals surface area contributed by atoms with Gasteiger partial charge in [-0.15, -0.1) is 0 Å². The van der Waals surface area contributed by atoms with Crippen molar-refractivity contribution in [1.29, 1.82) is 5.41 Å². The number of hydrogen-bond donors (Lipinski definition) is 3. The van der Waals surface area contributed by atoms with Crippen LogP contribution < -0.4 is 10.9 Å². The Morgan fingerprint density at radius 1 is 1.44 bits per heavy atom. The first kappa shape index (κ1) is 8.17. The molecule has 0 saturated carbocycles. The van der Waals surface area contributed by atoms with Gasteiger partial charge in [0.05, 0.1) is 0 Å². The molecule has 0 radical (unpaired) electrons. The predicted molar refractivity (Wildman–Crippen MR) is 39.4 cm³/mol. The van der Waals surface area contributed by atoms with Crippen LogP contribution in [-0.2, 0) is 0 Å². The van der Waals surface area contributed by atoms with Crippen LogP contribution in [0.2, 0.25) is 0 Å². The van der Waals surface area contributed by atoms with Crippen LogP contribution in [0, 0.1) is 5.41 Å². The first-order valence-electron chi connectivity index (χ1n) is 2.83. The minimum atomic E-state index is 0.551. The van der Waals surface area contributed by atoms with Crippen molar-refractivity contribution in [2.45, 2.75) is 13.8 Å². The van der Waals surface area contributed by atoms with Crippen LogP contribution >= 0.6 is 0 Å². The highest BCUT2D eigenvalue weighted by molar-refractivity contribution is 5.90. The number of rotatable bonds is 3. The summed E-state index contributed by atoms with van der Waals surface area (Å²) < 4.78 is 0. The van der Waals surface area contributed by atoms with Gasteiger partial charge >= 0.3 is 0 Å². The van der Waals surface area contributed by atoms with E-state index in [-0.39, 0.29) is 0 Å². The minimum absolute atomic E-state index is 0.551. The Labute approximate surface area is 55.6 Å². The lowest BCUT2D eigenvalue weighted by atomic mass is 10.3. The van der Waals surface area contributed by atoms with Crippen LogP contribution in [0.5, 0.6) is 0 Å². The third-order valence-electron chi connectivity index (χ3n) is 0.755. The van der Waals surface area contributed by atoms with Crippen molar-refractivity contribution in [2.24, 2.45) is 0 Å². The Kier molecular flexibility index (Phi) is 3.71. The highest BCUT2D eigenvalue weighted by Crippen LogP contribution is 1.83. The Hall–Kier alpha value is -0.830. The smallest absolute Gasteiger partial charge is 0.0300 e. The fourth-order valence-electron chi connectivity index (χ4n) is 0.558. The van der Waals surface area contributed by atoms with E-state index in [0.29, 0.717) is 5.71 Å². The highest BCUT2D eigenvalue weighted by atomic mass is 15.3. The van der Waals surface area contributed by atoms with E-state index in [4.69, 9.17) is 5.41 Å². The molecule has 0 aliphatic carbocycles. The van der Waals surface area contributed by atoms with Crippen LogP contribution in [0.25, 0.3) is 0 Å². The van der Waals surface area contributed by atoms with Crippen LogP contribution in [0.1, 0.15) is 13.8 Å². The van der Waals surface area contributed by atoms with Crippen LogP contribution in [0.15, 0.2) is 11.8 Å². The van der Waals surface area contributed by atoms with E-state index < -0.39 is 0 Å². The Balaban J connectivity index is 3.69. The van der Waals surface area contributed by atoms with Gasteiger partial charge < -0.3 is 10.8 Å². The first-order chi connectivity index (χ1) is 4.16. The molecule has 0 atom stereocenters. The summed E-state index contributed by atoms with van der Waals surface area (Å²) in [6.07, 6.45) is 1.75. The van der Waals surface area contributed by atoms with E-state index >= 15 is 0 Å². The van der Waals surface area contributed by atoms with Gasteiger partial charge in [-0.1, -0.05) is 0 Å². The quantitative estimate of drug-likeness (QED) is 0.385. The van der Waals surface area contributed by atoms with Gasteiger partial charge in [0.15, 0.2) is 0 Å². The molecule has 0 aromatic rings. The molecule has 3 nitrogen and oxygen atoms in total. The Morgan fingerprint density at radius 2 is 2.00 bits per heavy atom. The van der Waals surface area contributed by atoms with Crippen molar-refractivity contribution >= 4 is 5.71 Å². The highest BCUT2D eigenvalue weighted by Gasteiger charge is 1.83. The zero-order chi connectivity index (χ0) is 7.28. The maximum absolute atomic E-state index is 7.06. The second-order valence-electron chi connectivity index (χ2n) is 1.89. The molecule has 0 fully saturated rings. The molecule has 0 aliphatic rings. The second-order valence-corrected chi connectivity index (χ2v) is 1.89. The van der Waals surface area contributed by atoms with Crippen molar-refractivity contribution in [3.05, 3.63) is 11.8 Å². The molecule has 3 N–H and O–H groups in total. The van der Waals surface area contributed by atoms with Crippen LogP contribution in [0.4, 0.5) is 0 Å². The van der Waals surface area contributed by atoms with Gasteiger partial charge in [0.2, 0.25) is 0 Å². The molecule has 0 aromatic heterocycles. The average Bonchev–Trinajstić information content (AvgIpc) is 1.63. The number of nitrogens with one attached hydrogen (secondary N) is 3. The SMILES string of the molecule is CNN/C(C)=C\C(C)=N. The van der Waals surface area contributed by atoms with Gasteiger partial charge in [0, 0.05) is 18.5 Å². The van der Waals surface area contributed by atoms with Gasteiger partial charge in [0.25, 0.3) is 0 Å². The third-order valence-corrected chi connectivity index (χ3v) is 0.755. The standard InChI is InChI=1S/C6H13N3/c1-5(7)4-6(2)9-8-3/h4,7-9H,1-3H3/b6-4-,7-5?. The first-order valence-corrected chi connectivity index (χ1v) is 2.83. The molecule has 0 aliphatic heterocycles. The van der Waals surface area contributed by atoms with Crippen molar-refractivity contribution < 1.29 is 0 Å². The zero-order valence-corrected chi connectivity index (χ0v) is 6.08. The molecule has 3 heteroatoms. The summed E-state index contributed by atoms with van der Waals surface area (Å²) in [4.78, 5) is 0. The van der Waals surface area contributed by atoms with E-state index in [1.165, 1.54) is 0 Å². The molecular formula is C6H13N3. The van der Waals surface area contributed by atoms with E-state index in [1.807, 2.05) is 6.92 Å². The van der Waals surface area contributed by atoms with Crippen molar-refractivity contribution in [1.82, 2.24) is 10.9 Å². The maximum atomic E-state index is 7.06. The Morgan fingerprint density at radius 3 is 2.33 bits per heavy atom. The molecule has 0 rings (SSSR count). The summed E-state index contributed by atoms with van der Waals surface area (Å²) in [5.41, 5.74) is 7.11.